The molecule has 0 bridgehead atoms. The predicted octanol–water partition coefficient (Wildman–Crippen LogP) is 3.90. The molecule has 0 aliphatic carbocycles. The number of sulfonamides is 1. The molecule has 0 fully saturated rings. The number of ether oxygens (including phenoxy) is 1. The molecule has 0 atom stereocenters. The summed E-state index contributed by atoms with van der Waals surface area (Å²) in [6.07, 6.45) is 1.28. The number of halogens is 1. The average molecular weight is 429 g/mol. The Labute approximate surface area is 174 Å². The fraction of sp³-hybridized carbons (Fsp3) is 0.143. The third kappa shape index (κ3) is 4.57. The van der Waals surface area contributed by atoms with Crippen LogP contribution in [0.1, 0.15) is 21.5 Å². The summed E-state index contributed by atoms with van der Waals surface area (Å²) in [5.41, 5.74) is 2.33. The highest BCUT2D eigenvalue weighted by molar-refractivity contribution is 7.92. The summed E-state index contributed by atoms with van der Waals surface area (Å²) < 4.78 is 46.8. The van der Waals surface area contributed by atoms with Crippen LogP contribution in [-0.2, 0) is 10.0 Å². The van der Waals surface area contributed by atoms with Gasteiger partial charge in [-0.1, -0.05) is 18.2 Å². The molecular formula is C21H20FN3O4S. The van der Waals surface area contributed by atoms with Crippen molar-refractivity contribution < 1.29 is 22.3 Å². The number of anilines is 2. The second kappa shape index (κ2) is 8.50. The number of para-hydroxylation sites is 1. The molecule has 0 saturated carbocycles. The van der Waals surface area contributed by atoms with Gasteiger partial charge >= 0.3 is 0 Å². The van der Waals surface area contributed by atoms with Gasteiger partial charge < -0.3 is 10.1 Å². The largest absolute Gasteiger partial charge is 0.480 e. The lowest BCUT2D eigenvalue weighted by atomic mass is 10.1. The van der Waals surface area contributed by atoms with E-state index in [4.69, 9.17) is 4.74 Å². The summed E-state index contributed by atoms with van der Waals surface area (Å²) in [6, 6.07) is 11.6. The lowest BCUT2D eigenvalue weighted by molar-refractivity contribution is 0.102. The standard InChI is InChI=1S/C21H20FN3O4S/c1-13-5-4-6-14(2)19(13)25-30(27,28)18-11-17(12-23-21(18)29-3)24-20(26)15-7-9-16(22)10-8-15/h4-12,25H,1-3H3,(H,24,26). The van der Waals surface area contributed by atoms with Gasteiger partial charge in [-0.3, -0.25) is 9.52 Å². The molecule has 3 aromatic rings. The highest BCUT2D eigenvalue weighted by Crippen LogP contribution is 2.29. The van der Waals surface area contributed by atoms with E-state index in [1.54, 1.807) is 26.0 Å². The van der Waals surface area contributed by atoms with E-state index < -0.39 is 21.7 Å². The Morgan fingerprint density at radius 1 is 1.07 bits per heavy atom. The second-order valence-electron chi connectivity index (χ2n) is 6.56. The Morgan fingerprint density at radius 3 is 2.30 bits per heavy atom. The van der Waals surface area contributed by atoms with Gasteiger partial charge in [0.05, 0.1) is 24.7 Å². The first kappa shape index (κ1) is 21.3. The number of aromatic nitrogens is 1. The van der Waals surface area contributed by atoms with Crippen molar-refractivity contribution in [1.29, 1.82) is 0 Å². The smallest absolute Gasteiger partial charge is 0.267 e. The first-order valence-corrected chi connectivity index (χ1v) is 10.4. The van der Waals surface area contributed by atoms with Crippen LogP contribution in [0.15, 0.2) is 59.6 Å². The third-order valence-corrected chi connectivity index (χ3v) is 5.73. The molecule has 7 nitrogen and oxygen atoms in total. The number of methoxy groups -OCH3 is 1. The molecule has 0 radical (unpaired) electrons. The average Bonchev–Trinajstić information content (AvgIpc) is 2.71. The van der Waals surface area contributed by atoms with Crippen LogP contribution in [0.25, 0.3) is 0 Å². The monoisotopic (exact) mass is 429 g/mol. The number of aryl methyl sites for hydroxylation is 2. The molecule has 0 unspecified atom stereocenters. The zero-order valence-electron chi connectivity index (χ0n) is 16.6. The number of hydrogen-bond acceptors (Lipinski definition) is 5. The maximum atomic E-state index is 13.1. The molecule has 2 aromatic carbocycles. The Bertz CT molecular complexity index is 1180. The molecule has 0 aliphatic rings. The highest BCUT2D eigenvalue weighted by Gasteiger charge is 2.23. The van der Waals surface area contributed by atoms with E-state index in [2.05, 4.69) is 15.0 Å². The van der Waals surface area contributed by atoms with E-state index >= 15 is 0 Å². The van der Waals surface area contributed by atoms with Gasteiger partial charge in [-0.05, 0) is 55.3 Å². The Kier molecular flexibility index (Phi) is 6.02. The van der Waals surface area contributed by atoms with E-state index in [1.165, 1.54) is 31.5 Å². The predicted molar refractivity (Wildman–Crippen MR) is 112 cm³/mol. The SMILES string of the molecule is COc1ncc(NC(=O)c2ccc(F)cc2)cc1S(=O)(=O)Nc1c(C)cccc1C. The lowest BCUT2D eigenvalue weighted by Crippen LogP contribution is -2.18. The number of amides is 1. The van der Waals surface area contributed by atoms with Crippen LogP contribution < -0.4 is 14.8 Å². The first-order chi connectivity index (χ1) is 14.2. The van der Waals surface area contributed by atoms with Crippen LogP contribution in [0.3, 0.4) is 0 Å². The maximum absolute atomic E-state index is 13.1. The van der Waals surface area contributed by atoms with Crippen LogP contribution in [0.4, 0.5) is 15.8 Å². The number of rotatable bonds is 6. The maximum Gasteiger partial charge on any atom is 0.267 e. The summed E-state index contributed by atoms with van der Waals surface area (Å²) in [4.78, 5) is 16.1. The van der Waals surface area contributed by atoms with Gasteiger partial charge in [0, 0.05) is 5.56 Å². The highest BCUT2D eigenvalue weighted by atomic mass is 32.2. The minimum atomic E-state index is -4.07. The molecule has 0 spiro atoms. The number of carbonyl (C=O) groups is 1. The molecule has 1 aromatic heterocycles. The van der Waals surface area contributed by atoms with Crippen LogP contribution in [0.2, 0.25) is 0 Å². The number of nitrogens with zero attached hydrogens (tertiary/aromatic N) is 1. The molecule has 3 rings (SSSR count). The number of benzene rings is 2. The molecular weight excluding hydrogens is 409 g/mol. The molecule has 156 valence electrons. The molecule has 1 amide bonds. The van der Waals surface area contributed by atoms with E-state index in [0.29, 0.717) is 5.69 Å². The van der Waals surface area contributed by atoms with Crippen LogP contribution in [0.5, 0.6) is 5.88 Å². The summed E-state index contributed by atoms with van der Waals surface area (Å²) in [5, 5.41) is 2.56. The van der Waals surface area contributed by atoms with Crippen molar-refractivity contribution in [3.05, 3.63) is 77.2 Å². The van der Waals surface area contributed by atoms with E-state index in [9.17, 15) is 17.6 Å². The molecule has 2 N–H and O–H groups in total. The number of hydrogen-bond donors (Lipinski definition) is 2. The van der Waals surface area contributed by atoms with Crippen LogP contribution >= 0.6 is 0 Å². The van der Waals surface area contributed by atoms with Gasteiger partial charge in [-0.2, -0.15) is 0 Å². The van der Waals surface area contributed by atoms with Crippen molar-refractivity contribution in [3.8, 4) is 5.88 Å². The zero-order chi connectivity index (χ0) is 21.9. The summed E-state index contributed by atoms with van der Waals surface area (Å²) in [5.74, 6) is -1.12. The van der Waals surface area contributed by atoms with E-state index in [1.807, 2.05) is 6.07 Å². The lowest BCUT2D eigenvalue weighted by Gasteiger charge is -2.15. The second-order valence-corrected chi connectivity index (χ2v) is 8.22. The van der Waals surface area contributed by atoms with Gasteiger partial charge in [0.1, 0.15) is 5.82 Å². The zero-order valence-corrected chi connectivity index (χ0v) is 17.4. The Morgan fingerprint density at radius 2 is 1.70 bits per heavy atom. The van der Waals surface area contributed by atoms with E-state index in [-0.39, 0.29) is 22.0 Å². The van der Waals surface area contributed by atoms with Gasteiger partial charge in [0.15, 0.2) is 4.90 Å². The minimum absolute atomic E-state index is 0.117. The third-order valence-electron chi connectivity index (χ3n) is 4.38. The van der Waals surface area contributed by atoms with Gasteiger partial charge in [-0.25, -0.2) is 17.8 Å². The van der Waals surface area contributed by atoms with Crippen molar-refractivity contribution >= 4 is 27.3 Å². The number of pyridine rings is 1. The quantitative estimate of drug-likeness (QED) is 0.619. The molecule has 0 aliphatic heterocycles. The summed E-state index contributed by atoms with van der Waals surface area (Å²) in [7, 11) is -2.77. The number of carbonyl (C=O) groups excluding carboxylic acids is 1. The van der Waals surface area contributed by atoms with Crippen molar-refractivity contribution in [1.82, 2.24) is 4.98 Å². The van der Waals surface area contributed by atoms with Crippen molar-refractivity contribution in [2.24, 2.45) is 0 Å². The van der Waals surface area contributed by atoms with Crippen molar-refractivity contribution in [2.75, 3.05) is 17.1 Å². The van der Waals surface area contributed by atoms with Crippen molar-refractivity contribution in [3.63, 3.8) is 0 Å². The Hall–Kier alpha value is -3.46. The van der Waals surface area contributed by atoms with E-state index in [0.717, 1.165) is 23.3 Å². The van der Waals surface area contributed by atoms with Gasteiger partial charge in [0.2, 0.25) is 5.88 Å². The summed E-state index contributed by atoms with van der Waals surface area (Å²) >= 11 is 0. The fourth-order valence-corrected chi connectivity index (χ4v) is 4.16. The molecule has 9 heteroatoms. The van der Waals surface area contributed by atoms with Gasteiger partial charge in [-0.15, -0.1) is 0 Å². The first-order valence-electron chi connectivity index (χ1n) is 8.91. The topological polar surface area (TPSA) is 97.4 Å². The molecule has 1 heterocycles. The molecule has 0 saturated heterocycles. The van der Waals surface area contributed by atoms with Crippen LogP contribution in [0, 0.1) is 19.7 Å². The summed E-state index contributed by atoms with van der Waals surface area (Å²) in [6.45, 7) is 3.58. The normalized spacial score (nSPS) is 11.1. The molecule has 30 heavy (non-hydrogen) atoms. The van der Waals surface area contributed by atoms with Crippen LogP contribution in [-0.4, -0.2) is 26.4 Å². The van der Waals surface area contributed by atoms with Crippen molar-refractivity contribution in [2.45, 2.75) is 18.7 Å². The van der Waals surface area contributed by atoms with Gasteiger partial charge in [0.25, 0.3) is 15.9 Å². The number of nitrogens with one attached hydrogen (secondary N) is 2. The fourth-order valence-electron chi connectivity index (χ4n) is 2.82. The minimum Gasteiger partial charge on any atom is -0.480 e. The Balaban J connectivity index is 1.94.